The molecule has 0 saturated carbocycles. The van der Waals surface area contributed by atoms with E-state index in [1.165, 1.54) is 11.3 Å². The Balaban J connectivity index is 1.85. The first-order valence-electron chi connectivity index (χ1n) is 5.58. The van der Waals surface area contributed by atoms with Crippen molar-refractivity contribution in [2.24, 2.45) is 0 Å². The van der Waals surface area contributed by atoms with Crippen LogP contribution in [-0.2, 0) is 6.42 Å². The molecule has 3 aromatic rings. The molecule has 6 heteroatoms. The number of aromatic amines is 1. The molecule has 92 valence electrons. The van der Waals surface area contributed by atoms with Crippen LogP contribution in [0.5, 0.6) is 0 Å². The Labute approximate surface area is 112 Å². The van der Waals surface area contributed by atoms with E-state index < -0.39 is 0 Å². The van der Waals surface area contributed by atoms with Crippen molar-refractivity contribution in [1.82, 2.24) is 10.2 Å². The van der Waals surface area contributed by atoms with Crippen molar-refractivity contribution in [3.05, 3.63) is 34.2 Å². The van der Waals surface area contributed by atoms with Crippen molar-refractivity contribution in [3.63, 3.8) is 0 Å². The highest BCUT2D eigenvalue weighted by molar-refractivity contribution is 7.27. The number of thiophene rings is 2. The third kappa shape index (κ3) is 1.93. The van der Waals surface area contributed by atoms with Gasteiger partial charge in [-0.1, -0.05) is 6.92 Å². The van der Waals surface area contributed by atoms with Gasteiger partial charge in [-0.25, -0.2) is 0 Å². The lowest BCUT2D eigenvalue weighted by Crippen LogP contribution is -2.11. The Bertz CT molecular complexity index is 666. The van der Waals surface area contributed by atoms with Gasteiger partial charge in [-0.15, -0.1) is 22.7 Å². The van der Waals surface area contributed by atoms with E-state index in [0.29, 0.717) is 5.82 Å². The first-order valence-corrected chi connectivity index (χ1v) is 7.28. The number of H-pyrrole nitrogens is 1. The second kappa shape index (κ2) is 4.55. The zero-order chi connectivity index (χ0) is 12.5. The molecule has 0 aliphatic heterocycles. The number of amides is 1. The monoisotopic (exact) mass is 277 g/mol. The number of hydrogen-bond donors (Lipinski definition) is 2. The number of fused-ring (bicyclic) bond motifs is 1. The summed E-state index contributed by atoms with van der Waals surface area (Å²) in [6, 6.07) is 3.97. The Kier molecular flexibility index (Phi) is 2.89. The average Bonchev–Trinajstić information content (AvgIpc) is 3.02. The highest BCUT2D eigenvalue weighted by atomic mass is 32.1. The second-order valence-electron chi connectivity index (χ2n) is 3.84. The highest BCUT2D eigenvalue weighted by Crippen LogP contribution is 2.30. The first-order chi connectivity index (χ1) is 8.78. The van der Waals surface area contributed by atoms with Crippen LogP contribution >= 0.6 is 22.7 Å². The molecule has 0 aliphatic carbocycles. The zero-order valence-corrected chi connectivity index (χ0v) is 11.3. The quantitative estimate of drug-likeness (QED) is 0.769. The van der Waals surface area contributed by atoms with Crippen LogP contribution < -0.4 is 5.32 Å². The number of aromatic nitrogens is 2. The maximum Gasteiger partial charge on any atom is 0.266 e. The van der Waals surface area contributed by atoms with E-state index >= 15 is 0 Å². The lowest BCUT2D eigenvalue weighted by atomic mass is 10.2. The molecule has 0 aromatic carbocycles. The summed E-state index contributed by atoms with van der Waals surface area (Å²) >= 11 is 3.16. The fourth-order valence-corrected chi connectivity index (χ4v) is 3.74. The summed E-state index contributed by atoms with van der Waals surface area (Å²) in [5.41, 5.74) is 1.02. The Hall–Kier alpha value is -1.66. The fraction of sp³-hybridized carbons (Fsp3) is 0.167. The SMILES string of the molecule is CCc1cn[nH]c1NC(=O)c1cc2sccc2s1. The molecular weight excluding hydrogens is 266 g/mol. The predicted octanol–water partition coefficient (Wildman–Crippen LogP) is 3.50. The summed E-state index contributed by atoms with van der Waals surface area (Å²) < 4.78 is 2.32. The molecular formula is C12H11N3OS2. The van der Waals surface area contributed by atoms with Gasteiger partial charge >= 0.3 is 0 Å². The van der Waals surface area contributed by atoms with Gasteiger partial charge in [0.2, 0.25) is 0 Å². The van der Waals surface area contributed by atoms with Gasteiger partial charge < -0.3 is 5.32 Å². The largest absolute Gasteiger partial charge is 0.306 e. The number of nitrogens with zero attached hydrogens (tertiary/aromatic N) is 1. The molecule has 0 radical (unpaired) electrons. The lowest BCUT2D eigenvalue weighted by Gasteiger charge is -2.02. The predicted molar refractivity (Wildman–Crippen MR) is 75.6 cm³/mol. The summed E-state index contributed by atoms with van der Waals surface area (Å²) in [5, 5.41) is 11.6. The molecule has 0 unspecified atom stereocenters. The Morgan fingerprint density at radius 2 is 2.39 bits per heavy atom. The van der Waals surface area contributed by atoms with E-state index in [1.807, 2.05) is 24.4 Å². The molecule has 0 atom stereocenters. The van der Waals surface area contributed by atoms with Crippen molar-refractivity contribution in [2.45, 2.75) is 13.3 Å². The number of carbonyl (C=O) groups is 1. The van der Waals surface area contributed by atoms with E-state index in [9.17, 15) is 4.79 Å². The topological polar surface area (TPSA) is 57.8 Å². The molecule has 2 N–H and O–H groups in total. The molecule has 1 amide bonds. The number of anilines is 1. The number of nitrogens with one attached hydrogen (secondary N) is 2. The van der Waals surface area contributed by atoms with Crippen LogP contribution in [0.3, 0.4) is 0 Å². The van der Waals surface area contributed by atoms with Crippen molar-refractivity contribution < 1.29 is 4.79 Å². The van der Waals surface area contributed by atoms with E-state index in [2.05, 4.69) is 15.5 Å². The molecule has 0 bridgehead atoms. The van der Waals surface area contributed by atoms with Crippen molar-refractivity contribution in [1.29, 1.82) is 0 Å². The molecule has 0 spiro atoms. The van der Waals surface area contributed by atoms with Crippen LogP contribution in [0.15, 0.2) is 23.7 Å². The van der Waals surface area contributed by atoms with Gasteiger partial charge in [0, 0.05) is 15.0 Å². The Morgan fingerprint density at radius 3 is 3.17 bits per heavy atom. The minimum absolute atomic E-state index is 0.0812. The molecule has 3 aromatic heterocycles. The van der Waals surface area contributed by atoms with Crippen LogP contribution in [0.1, 0.15) is 22.2 Å². The van der Waals surface area contributed by atoms with Crippen LogP contribution in [0.25, 0.3) is 9.40 Å². The normalized spacial score (nSPS) is 10.9. The molecule has 3 heterocycles. The minimum Gasteiger partial charge on any atom is -0.306 e. The molecule has 0 saturated heterocycles. The van der Waals surface area contributed by atoms with E-state index in [4.69, 9.17) is 0 Å². The minimum atomic E-state index is -0.0812. The zero-order valence-electron chi connectivity index (χ0n) is 9.69. The van der Waals surface area contributed by atoms with Gasteiger partial charge in [0.15, 0.2) is 0 Å². The van der Waals surface area contributed by atoms with Crippen LogP contribution in [0.4, 0.5) is 5.82 Å². The van der Waals surface area contributed by atoms with Crippen LogP contribution in [-0.4, -0.2) is 16.1 Å². The third-order valence-corrected chi connectivity index (χ3v) is 4.79. The summed E-state index contributed by atoms with van der Waals surface area (Å²) in [5.74, 6) is 0.613. The molecule has 4 nitrogen and oxygen atoms in total. The number of carbonyl (C=O) groups excluding carboxylic acids is 1. The first kappa shape index (κ1) is 11.4. The maximum atomic E-state index is 12.1. The molecule has 3 rings (SSSR count). The lowest BCUT2D eigenvalue weighted by molar-refractivity contribution is 0.103. The van der Waals surface area contributed by atoms with Gasteiger partial charge in [-0.2, -0.15) is 5.10 Å². The molecule has 18 heavy (non-hydrogen) atoms. The Morgan fingerprint density at radius 1 is 1.50 bits per heavy atom. The van der Waals surface area contributed by atoms with Crippen LogP contribution in [0.2, 0.25) is 0 Å². The van der Waals surface area contributed by atoms with E-state index in [-0.39, 0.29) is 5.91 Å². The van der Waals surface area contributed by atoms with Gasteiger partial charge in [-0.05, 0) is 23.9 Å². The van der Waals surface area contributed by atoms with Gasteiger partial charge in [0.1, 0.15) is 5.82 Å². The van der Waals surface area contributed by atoms with Crippen molar-refractivity contribution >= 4 is 43.8 Å². The number of hydrogen-bond acceptors (Lipinski definition) is 4. The molecule has 0 aliphatic rings. The molecule has 0 fully saturated rings. The average molecular weight is 277 g/mol. The number of aryl methyl sites for hydroxylation is 1. The standard InChI is InChI=1S/C12H11N3OS2/c1-2-7-6-13-15-11(7)14-12(16)10-5-9-8(18-10)3-4-17-9/h3-6H,2H2,1H3,(H2,13,14,15,16). The van der Waals surface area contributed by atoms with Crippen molar-refractivity contribution in [3.8, 4) is 0 Å². The maximum absolute atomic E-state index is 12.1. The smallest absolute Gasteiger partial charge is 0.266 e. The fourth-order valence-electron chi connectivity index (χ4n) is 1.74. The summed E-state index contributed by atoms with van der Waals surface area (Å²) in [4.78, 5) is 12.8. The summed E-state index contributed by atoms with van der Waals surface area (Å²) in [7, 11) is 0. The second-order valence-corrected chi connectivity index (χ2v) is 5.87. The van der Waals surface area contributed by atoms with E-state index in [1.54, 1.807) is 17.5 Å². The summed E-state index contributed by atoms with van der Waals surface area (Å²) in [6.45, 7) is 2.03. The van der Waals surface area contributed by atoms with E-state index in [0.717, 1.165) is 26.3 Å². The van der Waals surface area contributed by atoms with Crippen molar-refractivity contribution in [2.75, 3.05) is 5.32 Å². The van der Waals surface area contributed by atoms with Gasteiger partial charge in [-0.3, -0.25) is 9.89 Å². The number of rotatable bonds is 3. The van der Waals surface area contributed by atoms with Gasteiger partial charge in [0.05, 0.1) is 11.1 Å². The van der Waals surface area contributed by atoms with Gasteiger partial charge in [0.25, 0.3) is 5.91 Å². The highest BCUT2D eigenvalue weighted by Gasteiger charge is 2.13. The third-order valence-electron chi connectivity index (χ3n) is 2.70. The van der Waals surface area contributed by atoms with Crippen LogP contribution in [0, 0.1) is 0 Å². The summed E-state index contributed by atoms with van der Waals surface area (Å²) in [6.07, 6.45) is 2.58.